The summed E-state index contributed by atoms with van der Waals surface area (Å²) in [6, 6.07) is 6.12. The minimum atomic E-state index is 0.607. The number of halogens is 1. The Labute approximate surface area is 126 Å². The number of nitrogens with zero attached hydrogens (tertiary/aromatic N) is 4. The molecule has 0 unspecified atom stereocenters. The summed E-state index contributed by atoms with van der Waals surface area (Å²) < 4.78 is 7.84. The summed E-state index contributed by atoms with van der Waals surface area (Å²) in [6.45, 7) is 4.16. The number of rotatable bonds is 7. The molecule has 0 aliphatic rings. The van der Waals surface area contributed by atoms with Crippen LogP contribution in [0, 0.1) is 0 Å². The van der Waals surface area contributed by atoms with Crippen molar-refractivity contribution in [1.29, 1.82) is 0 Å². The van der Waals surface area contributed by atoms with Gasteiger partial charge in [0.25, 0.3) is 0 Å². The van der Waals surface area contributed by atoms with Crippen LogP contribution in [0.25, 0.3) is 5.69 Å². The van der Waals surface area contributed by atoms with Crippen LogP contribution in [0.5, 0.6) is 0 Å². The van der Waals surface area contributed by atoms with Crippen molar-refractivity contribution in [1.82, 2.24) is 25.5 Å². The maximum atomic E-state index is 5.00. The van der Waals surface area contributed by atoms with Gasteiger partial charge in [-0.3, -0.25) is 0 Å². The largest absolute Gasteiger partial charge is 0.383 e. The van der Waals surface area contributed by atoms with Gasteiger partial charge >= 0.3 is 0 Å². The molecule has 0 aliphatic heterocycles. The molecule has 2 rings (SSSR count). The number of hydrogen-bond donors (Lipinski definition) is 1. The van der Waals surface area contributed by atoms with Crippen LogP contribution in [0.15, 0.2) is 22.7 Å². The SMILES string of the molecule is CCc1cc(Br)ccc1-n1nnnc1CNCCOC. The molecule has 0 bridgehead atoms. The highest BCUT2D eigenvalue weighted by Crippen LogP contribution is 2.20. The molecule has 0 aliphatic carbocycles. The smallest absolute Gasteiger partial charge is 0.170 e. The van der Waals surface area contributed by atoms with Crippen LogP contribution < -0.4 is 5.32 Å². The molecular weight excluding hydrogens is 322 g/mol. The average Bonchev–Trinajstić information content (AvgIpc) is 2.91. The molecule has 1 N–H and O–H groups in total. The van der Waals surface area contributed by atoms with Crippen LogP contribution in [-0.4, -0.2) is 40.5 Å². The summed E-state index contributed by atoms with van der Waals surface area (Å²) in [5.41, 5.74) is 2.22. The summed E-state index contributed by atoms with van der Waals surface area (Å²) >= 11 is 3.49. The molecule has 7 heteroatoms. The van der Waals surface area contributed by atoms with E-state index in [1.54, 1.807) is 11.8 Å². The Balaban J connectivity index is 2.19. The lowest BCUT2D eigenvalue weighted by Gasteiger charge is -2.10. The Morgan fingerprint density at radius 2 is 2.25 bits per heavy atom. The molecule has 6 nitrogen and oxygen atoms in total. The first-order valence-corrected chi connectivity index (χ1v) is 7.31. The number of tetrazole rings is 1. The van der Waals surface area contributed by atoms with Gasteiger partial charge in [0.2, 0.25) is 0 Å². The van der Waals surface area contributed by atoms with Crippen LogP contribution >= 0.6 is 15.9 Å². The normalized spacial score (nSPS) is 10.9. The second kappa shape index (κ2) is 7.47. The zero-order valence-electron chi connectivity index (χ0n) is 11.6. The molecule has 0 saturated heterocycles. The van der Waals surface area contributed by atoms with E-state index in [4.69, 9.17) is 4.74 Å². The van der Waals surface area contributed by atoms with Gasteiger partial charge < -0.3 is 10.1 Å². The zero-order chi connectivity index (χ0) is 14.4. The third-order valence-electron chi connectivity index (χ3n) is 2.95. The second-order valence-electron chi connectivity index (χ2n) is 4.30. The molecule has 1 heterocycles. The first-order chi connectivity index (χ1) is 9.76. The molecule has 0 amide bonds. The molecule has 1 aromatic carbocycles. The van der Waals surface area contributed by atoms with Gasteiger partial charge in [0.1, 0.15) is 0 Å². The molecule has 0 saturated carbocycles. The lowest BCUT2D eigenvalue weighted by atomic mass is 10.1. The topological polar surface area (TPSA) is 64.9 Å². The van der Waals surface area contributed by atoms with Crippen molar-refractivity contribution in [2.45, 2.75) is 19.9 Å². The molecule has 0 atom stereocenters. The Morgan fingerprint density at radius 3 is 3.00 bits per heavy atom. The highest BCUT2D eigenvalue weighted by molar-refractivity contribution is 9.10. The van der Waals surface area contributed by atoms with E-state index >= 15 is 0 Å². The molecule has 0 spiro atoms. The Hall–Kier alpha value is -1.31. The minimum Gasteiger partial charge on any atom is -0.383 e. The van der Waals surface area contributed by atoms with Gasteiger partial charge in [0, 0.05) is 18.1 Å². The Bertz CT molecular complexity index is 557. The standard InChI is InChI=1S/C13H18BrN5O/c1-3-10-8-11(14)4-5-12(10)19-13(16-17-18-19)9-15-6-7-20-2/h4-5,8,15H,3,6-7,9H2,1-2H3. The highest BCUT2D eigenvalue weighted by atomic mass is 79.9. The molecule has 1 aromatic heterocycles. The number of benzene rings is 1. The third kappa shape index (κ3) is 3.62. The van der Waals surface area contributed by atoms with E-state index in [0.717, 1.165) is 29.0 Å². The number of methoxy groups -OCH3 is 1. The zero-order valence-corrected chi connectivity index (χ0v) is 13.2. The van der Waals surface area contributed by atoms with E-state index in [9.17, 15) is 0 Å². The van der Waals surface area contributed by atoms with E-state index in [2.05, 4.69) is 49.8 Å². The van der Waals surface area contributed by atoms with Crippen molar-refractivity contribution in [3.8, 4) is 5.69 Å². The van der Waals surface area contributed by atoms with E-state index in [1.165, 1.54) is 5.56 Å². The van der Waals surface area contributed by atoms with Gasteiger partial charge in [-0.05, 0) is 40.6 Å². The summed E-state index contributed by atoms with van der Waals surface area (Å²) in [5, 5.41) is 15.2. The van der Waals surface area contributed by atoms with E-state index < -0.39 is 0 Å². The molecule has 20 heavy (non-hydrogen) atoms. The summed E-state index contributed by atoms with van der Waals surface area (Å²) in [5.74, 6) is 0.790. The predicted octanol–water partition coefficient (Wildman–Crippen LogP) is 1.72. The fourth-order valence-electron chi connectivity index (χ4n) is 1.92. The number of aromatic nitrogens is 4. The van der Waals surface area contributed by atoms with Crippen molar-refractivity contribution in [3.63, 3.8) is 0 Å². The molecule has 108 valence electrons. The van der Waals surface area contributed by atoms with Gasteiger partial charge in [-0.25, -0.2) is 0 Å². The maximum absolute atomic E-state index is 5.00. The first kappa shape index (κ1) is 15.1. The van der Waals surface area contributed by atoms with Gasteiger partial charge in [0.15, 0.2) is 5.82 Å². The van der Waals surface area contributed by atoms with Crippen LogP contribution in [0.3, 0.4) is 0 Å². The van der Waals surface area contributed by atoms with Crippen LogP contribution in [0.1, 0.15) is 18.3 Å². The number of ether oxygens (including phenoxy) is 1. The first-order valence-electron chi connectivity index (χ1n) is 6.52. The number of nitrogens with one attached hydrogen (secondary N) is 1. The van der Waals surface area contributed by atoms with Crippen LogP contribution in [-0.2, 0) is 17.7 Å². The summed E-state index contributed by atoms with van der Waals surface area (Å²) in [6.07, 6.45) is 0.922. The van der Waals surface area contributed by atoms with Crippen molar-refractivity contribution in [2.24, 2.45) is 0 Å². The van der Waals surface area contributed by atoms with Gasteiger partial charge in [-0.1, -0.05) is 22.9 Å². The average molecular weight is 340 g/mol. The van der Waals surface area contributed by atoms with Crippen molar-refractivity contribution in [3.05, 3.63) is 34.1 Å². The lowest BCUT2D eigenvalue weighted by Crippen LogP contribution is -2.21. The molecule has 0 fully saturated rings. The van der Waals surface area contributed by atoms with Crippen molar-refractivity contribution < 1.29 is 4.74 Å². The Morgan fingerprint density at radius 1 is 1.40 bits per heavy atom. The van der Waals surface area contributed by atoms with Gasteiger partial charge in [-0.2, -0.15) is 4.68 Å². The van der Waals surface area contributed by atoms with Crippen LogP contribution in [0.4, 0.5) is 0 Å². The predicted molar refractivity (Wildman–Crippen MR) is 79.8 cm³/mol. The fourth-order valence-corrected chi connectivity index (χ4v) is 2.33. The summed E-state index contributed by atoms with van der Waals surface area (Å²) in [7, 11) is 1.68. The van der Waals surface area contributed by atoms with Gasteiger partial charge in [-0.15, -0.1) is 5.10 Å². The van der Waals surface area contributed by atoms with Gasteiger partial charge in [0.05, 0.1) is 18.8 Å². The second-order valence-corrected chi connectivity index (χ2v) is 5.22. The molecule has 0 radical (unpaired) electrons. The van der Waals surface area contributed by atoms with E-state index in [0.29, 0.717) is 13.2 Å². The lowest BCUT2D eigenvalue weighted by molar-refractivity contribution is 0.199. The Kier molecular flexibility index (Phi) is 5.63. The third-order valence-corrected chi connectivity index (χ3v) is 3.44. The summed E-state index contributed by atoms with van der Waals surface area (Å²) in [4.78, 5) is 0. The molecular formula is C13H18BrN5O. The maximum Gasteiger partial charge on any atom is 0.170 e. The van der Waals surface area contributed by atoms with E-state index in [-0.39, 0.29) is 0 Å². The van der Waals surface area contributed by atoms with Crippen molar-refractivity contribution in [2.75, 3.05) is 20.3 Å². The van der Waals surface area contributed by atoms with E-state index in [1.807, 2.05) is 12.1 Å². The monoisotopic (exact) mass is 339 g/mol. The quantitative estimate of drug-likeness (QED) is 0.778. The molecule has 2 aromatic rings. The minimum absolute atomic E-state index is 0.607. The number of hydrogen-bond acceptors (Lipinski definition) is 5. The highest BCUT2D eigenvalue weighted by Gasteiger charge is 2.11. The van der Waals surface area contributed by atoms with Crippen LogP contribution in [0.2, 0.25) is 0 Å². The fraction of sp³-hybridized carbons (Fsp3) is 0.462. The number of aryl methyl sites for hydroxylation is 1. The van der Waals surface area contributed by atoms with Crippen molar-refractivity contribution >= 4 is 15.9 Å².